The number of thiophene rings is 1. The van der Waals surface area contributed by atoms with Crippen LogP contribution in [0.4, 0.5) is 0 Å². The summed E-state index contributed by atoms with van der Waals surface area (Å²) in [6, 6.07) is 6.71. The van der Waals surface area contributed by atoms with E-state index in [4.69, 9.17) is 0 Å². The van der Waals surface area contributed by atoms with E-state index in [2.05, 4.69) is 21.2 Å². The number of phenolic OH excluding ortho intramolecular Hbond substituents is 2. The van der Waals surface area contributed by atoms with Gasteiger partial charge < -0.3 is 15.5 Å². The molecule has 1 unspecified atom stereocenters. The summed E-state index contributed by atoms with van der Waals surface area (Å²) in [6.07, 6.45) is 0. The van der Waals surface area contributed by atoms with Gasteiger partial charge in [0.15, 0.2) is 0 Å². The van der Waals surface area contributed by atoms with Gasteiger partial charge in [-0.3, -0.25) is 0 Å². The van der Waals surface area contributed by atoms with Gasteiger partial charge >= 0.3 is 0 Å². The lowest BCUT2D eigenvalue weighted by atomic mass is 10.1. The highest BCUT2D eigenvalue weighted by molar-refractivity contribution is 9.10. The minimum absolute atomic E-state index is 0.0528. The Morgan fingerprint density at radius 3 is 2.50 bits per heavy atom. The molecule has 1 heterocycles. The van der Waals surface area contributed by atoms with Crippen LogP contribution in [0.5, 0.6) is 11.5 Å². The molecule has 0 saturated heterocycles. The van der Waals surface area contributed by atoms with Crippen molar-refractivity contribution in [2.24, 2.45) is 0 Å². The topological polar surface area (TPSA) is 52.5 Å². The number of hydrogen-bond donors (Lipinski definition) is 3. The van der Waals surface area contributed by atoms with Gasteiger partial charge in [0.2, 0.25) is 0 Å². The van der Waals surface area contributed by atoms with Crippen LogP contribution in [0.1, 0.15) is 23.4 Å². The van der Waals surface area contributed by atoms with Crippen LogP contribution < -0.4 is 5.32 Å². The molecular formula is C13H14BrNO2S. The molecule has 0 saturated carbocycles. The third kappa shape index (κ3) is 3.25. The van der Waals surface area contributed by atoms with Gasteiger partial charge in [-0.05, 0) is 52.0 Å². The predicted molar refractivity (Wildman–Crippen MR) is 77.0 cm³/mol. The molecule has 1 atom stereocenters. The fraction of sp³-hybridized carbons (Fsp3) is 0.231. The molecule has 0 amide bonds. The molecule has 0 aliphatic heterocycles. The summed E-state index contributed by atoms with van der Waals surface area (Å²) in [5.41, 5.74) is 0.861. The highest BCUT2D eigenvalue weighted by Crippen LogP contribution is 2.26. The van der Waals surface area contributed by atoms with Crippen LogP contribution in [0.15, 0.2) is 34.1 Å². The van der Waals surface area contributed by atoms with Crippen molar-refractivity contribution in [2.45, 2.75) is 19.5 Å². The summed E-state index contributed by atoms with van der Waals surface area (Å²) in [4.78, 5) is 1.23. The lowest BCUT2D eigenvalue weighted by molar-refractivity contribution is 0.446. The lowest BCUT2D eigenvalue weighted by Crippen LogP contribution is -2.17. The maximum Gasteiger partial charge on any atom is 0.119 e. The molecule has 1 aromatic carbocycles. The van der Waals surface area contributed by atoms with Crippen LogP contribution in [-0.4, -0.2) is 10.2 Å². The first kappa shape index (κ1) is 13.4. The molecule has 3 N–H and O–H groups in total. The Morgan fingerprint density at radius 2 is 1.94 bits per heavy atom. The van der Waals surface area contributed by atoms with Crippen LogP contribution in [0.2, 0.25) is 0 Å². The fourth-order valence-corrected chi connectivity index (χ4v) is 3.13. The van der Waals surface area contributed by atoms with E-state index in [1.54, 1.807) is 23.5 Å². The third-order valence-electron chi connectivity index (χ3n) is 2.68. The van der Waals surface area contributed by atoms with Crippen molar-refractivity contribution < 1.29 is 10.2 Å². The molecule has 0 bridgehead atoms. The zero-order valence-electron chi connectivity index (χ0n) is 9.85. The summed E-state index contributed by atoms with van der Waals surface area (Å²) < 4.78 is 1.10. The van der Waals surface area contributed by atoms with Gasteiger partial charge in [0, 0.05) is 28.0 Å². The van der Waals surface area contributed by atoms with Crippen molar-refractivity contribution in [3.63, 3.8) is 0 Å². The van der Waals surface area contributed by atoms with Gasteiger partial charge in [-0.15, -0.1) is 11.3 Å². The minimum Gasteiger partial charge on any atom is -0.508 e. The predicted octanol–water partition coefficient (Wildman–Crippen LogP) is 3.77. The van der Waals surface area contributed by atoms with Crippen LogP contribution in [0.3, 0.4) is 0 Å². The van der Waals surface area contributed by atoms with Gasteiger partial charge in [-0.25, -0.2) is 0 Å². The second-order valence-corrected chi connectivity index (χ2v) is 5.93. The summed E-state index contributed by atoms with van der Waals surface area (Å²) in [6.45, 7) is 2.74. The second-order valence-electron chi connectivity index (χ2n) is 4.08. The van der Waals surface area contributed by atoms with E-state index in [9.17, 15) is 10.2 Å². The third-order valence-corrected chi connectivity index (χ3v) is 4.61. The fourth-order valence-electron chi connectivity index (χ4n) is 1.68. The van der Waals surface area contributed by atoms with Crippen molar-refractivity contribution in [1.29, 1.82) is 0 Å². The zero-order valence-corrected chi connectivity index (χ0v) is 12.3. The van der Waals surface area contributed by atoms with Crippen molar-refractivity contribution in [3.8, 4) is 11.5 Å². The first-order valence-corrected chi connectivity index (χ1v) is 7.21. The molecule has 18 heavy (non-hydrogen) atoms. The van der Waals surface area contributed by atoms with Crippen molar-refractivity contribution in [2.75, 3.05) is 0 Å². The van der Waals surface area contributed by atoms with Crippen molar-refractivity contribution in [1.82, 2.24) is 5.32 Å². The highest BCUT2D eigenvalue weighted by atomic mass is 79.9. The van der Waals surface area contributed by atoms with E-state index in [-0.39, 0.29) is 17.5 Å². The van der Waals surface area contributed by atoms with Gasteiger partial charge in [0.25, 0.3) is 0 Å². The SMILES string of the molecule is CC(NCc1sccc1Br)c1cc(O)cc(O)c1. The van der Waals surface area contributed by atoms with Crippen molar-refractivity contribution >= 4 is 27.3 Å². The molecule has 0 radical (unpaired) electrons. The molecule has 2 rings (SSSR count). The molecular weight excluding hydrogens is 314 g/mol. The molecule has 3 nitrogen and oxygen atoms in total. The average Bonchev–Trinajstić information content (AvgIpc) is 2.70. The van der Waals surface area contributed by atoms with Crippen LogP contribution in [-0.2, 0) is 6.54 Å². The highest BCUT2D eigenvalue weighted by Gasteiger charge is 2.09. The monoisotopic (exact) mass is 327 g/mol. The standard InChI is InChI=1S/C13H14BrNO2S/c1-8(9-4-10(16)6-11(17)5-9)15-7-13-12(14)2-3-18-13/h2-6,8,15-17H,7H2,1H3. The summed E-state index contributed by atoms with van der Waals surface area (Å²) in [5.74, 6) is 0.159. The Hall–Kier alpha value is -1.04. The number of benzene rings is 1. The molecule has 96 valence electrons. The summed E-state index contributed by atoms with van der Waals surface area (Å²) in [5, 5.41) is 24.3. The minimum atomic E-state index is 0.0528. The zero-order chi connectivity index (χ0) is 13.1. The second kappa shape index (κ2) is 5.73. The largest absolute Gasteiger partial charge is 0.508 e. The number of halogens is 1. The van der Waals surface area contributed by atoms with E-state index >= 15 is 0 Å². The van der Waals surface area contributed by atoms with Crippen LogP contribution >= 0.6 is 27.3 Å². The van der Waals surface area contributed by atoms with E-state index in [1.165, 1.54) is 10.9 Å². The first-order chi connectivity index (χ1) is 8.56. The quantitative estimate of drug-likeness (QED) is 0.801. The normalized spacial score (nSPS) is 12.6. The Balaban J connectivity index is 2.03. The first-order valence-electron chi connectivity index (χ1n) is 5.54. The molecule has 0 fully saturated rings. The number of hydrogen-bond acceptors (Lipinski definition) is 4. The number of nitrogens with one attached hydrogen (secondary N) is 1. The average molecular weight is 328 g/mol. The van der Waals surface area contributed by atoms with Crippen LogP contribution in [0, 0.1) is 0 Å². The number of phenols is 2. The number of rotatable bonds is 4. The smallest absolute Gasteiger partial charge is 0.119 e. The van der Waals surface area contributed by atoms with E-state index in [1.807, 2.05) is 18.4 Å². The molecule has 1 aromatic heterocycles. The molecule has 5 heteroatoms. The Labute approximate surface area is 118 Å². The Kier molecular flexibility index (Phi) is 4.27. The number of aromatic hydroxyl groups is 2. The van der Waals surface area contributed by atoms with Gasteiger partial charge in [0.1, 0.15) is 11.5 Å². The van der Waals surface area contributed by atoms with E-state index in [0.29, 0.717) is 0 Å². The van der Waals surface area contributed by atoms with Gasteiger partial charge in [-0.1, -0.05) is 0 Å². The van der Waals surface area contributed by atoms with Gasteiger partial charge in [0.05, 0.1) is 0 Å². The Morgan fingerprint density at radius 1 is 1.28 bits per heavy atom. The molecule has 2 aromatic rings. The van der Waals surface area contributed by atoms with Gasteiger partial charge in [-0.2, -0.15) is 0 Å². The molecule has 0 aliphatic carbocycles. The van der Waals surface area contributed by atoms with E-state index < -0.39 is 0 Å². The Bertz CT molecular complexity index is 521. The maximum atomic E-state index is 9.45. The summed E-state index contributed by atoms with van der Waals surface area (Å²) in [7, 11) is 0. The lowest BCUT2D eigenvalue weighted by Gasteiger charge is -2.14. The van der Waals surface area contributed by atoms with Crippen molar-refractivity contribution in [3.05, 3.63) is 44.6 Å². The molecule has 0 spiro atoms. The van der Waals surface area contributed by atoms with Crippen LogP contribution in [0.25, 0.3) is 0 Å². The molecule has 0 aliphatic rings. The maximum absolute atomic E-state index is 9.45. The van der Waals surface area contributed by atoms with E-state index in [0.717, 1.165) is 16.6 Å². The summed E-state index contributed by atoms with van der Waals surface area (Å²) >= 11 is 5.17.